The van der Waals surface area contributed by atoms with Crippen molar-refractivity contribution < 1.29 is 13.3 Å². The molecule has 0 radical (unpaired) electrons. The highest BCUT2D eigenvalue weighted by molar-refractivity contribution is 6.17. The molecule has 14 aromatic carbocycles. The van der Waals surface area contributed by atoms with E-state index in [1.165, 1.54) is 21.5 Å². The van der Waals surface area contributed by atoms with Gasteiger partial charge in [0.2, 0.25) is 0 Å². The van der Waals surface area contributed by atoms with Crippen LogP contribution in [0.3, 0.4) is 0 Å². The van der Waals surface area contributed by atoms with Crippen molar-refractivity contribution in [2.75, 3.05) is 9.80 Å². The first-order valence-electron chi connectivity index (χ1n) is 27.5. The third-order valence-corrected chi connectivity index (χ3v) is 16.5. The quantitative estimate of drug-likeness (QED) is 0.152. The monoisotopic (exact) mass is 1030 g/mol. The van der Waals surface area contributed by atoms with Crippen LogP contribution in [-0.2, 0) is 0 Å². The van der Waals surface area contributed by atoms with Crippen LogP contribution >= 0.6 is 0 Å². The number of hydrogen-bond acceptors (Lipinski definition) is 5. The Labute approximate surface area is 464 Å². The molecule has 0 atom stereocenters. The molecule has 0 unspecified atom stereocenters. The van der Waals surface area contributed by atoms with E-state index in [9.17, 15) is 0 Å². The second kappa shape index (κ2) is 17.8. The van der Waals surface area contributed by atoms with E-state index in [4.69, 9.17) is 13.3 Å². The summed E-state index contributed by atoms with van der Waals surface area (Å²) < 4.78 is 20.6. The van der Waals surface area contributed by atoms with E-state index in [-0.39, 0.29) is 0 Å². The molecular weight excluding hydrogens is 989 g/mol. The third kappa shape index (κ3) is 7.12. The zero-order valence-corrected chi connectivity index (χ0v) is 43.7. The van der Waals surface area contributed by atoms with Crippen LogP contribution in [0.1, 0.15) is 0 Å². The molecule has 0 spiro atoms. The van der Waals surface area contributed by atoms with Crippen LogP contribution in [0, 0.1) is 0 Å². The minimum absolute atomic E-state index is 0.827. The number of nitrogens with zero attached hydrogens (tertiary/aromatic N) is 2. The molecule has 17 rings (SSSR count). The molecule has 0 aliphatic carbocycles. The van der Waals surface area contributed by atoms with Crippen molar-refractivity contribution >= 4 is 143 Å². The van der Waals surface area contributed by atoms with Crippen molar-refractivity contribution in [2.24, 2.45) is 0 Å². The Kier molecular flexibility index (Phi) is 9.94. The fourth-order valence-electron chi connectivity index (χ4n) is 12.9. The second-order valence-electron chi connectivity index (χ2n) is 21.1. The van der Waals surface area contributed by atoms with Gasteiger partial charge in [-0.05, 0) is 139 Å². The Balaban J connectivity index is 0.845. The summed E-state index contributed by atoms with van der Waals surface area (Å²) in [5.41, 5.74) is 15.6. The standard InChI is InChI=1S/C76H46N2O3/c1-3-19-49(20-4-1)73-57-23-9-7-17-47(57)35-39-65(73)77(67-29-15-27-61-59-25-11-13-31-69(59)80-75(61)67)55-37-33-51-43-63-64-44-52-34-38-56(42-54(52)46-72(64)79-71(63)45-53(51)41-55)78(68-30-16-28-62-60-26-12-14-32-70(60)81-76(62)68)66-40-36-48-18-8-10-24-58(48)74(66)50-21-5-2-6-22-50/h1-46H. The van der Waals surface area contributed by atoms with E-state index in [0.717, 1.165) is 144 Å². The molecule has 0 fully saturated rings. The minimum Gasteiger partial charge on any atom is -0.456 e. The van der Waals surface area contributed by atoms with Gasteiger partial charge in [0.25, 0.3) is 0 Å². The SMILES string of the molecule is c1ccc(-c2c(N(c3ccc4cc5c(cc4c3)oc3cc4cc(N(c6ccc7ccccc7c6-c6ccccc6)c6cccc7c6oc6ccccc67)ccc4cc35)c3cccc4c3oc3ccccc34)ccc3ccccc23)cc1. The summed E-state index contributed by atoms with van der Waals surface area (Å²) in [7, 11) is 0. The van der Waals surface area contributed by atoms with Gasteiger partial charge in [0, 0.05) is 54.8 Å². The van der Waals surface area contributed by atoms with E-state index in [1.54, 1.807) is 0 Å². The smallest absolute Gasteiger partial charge is 0.159 e. The largest absolute Gasteiger partial charge is 0.456 e. The zero-order valence-electron chi connectivity index (χ0n) is 43.7. The molecule has 81 heavy (non-hydrogen) atoms. The molecule has 0 N–H and O–H groups in total. The zero-order chi connectivity index (χ0) is 53.1. The van der Waals surface area contributed by atoms with Crippen molar-refractivity contribution in [3.8, 4) is 22.3 Å². The molecule has 0 saturated carbocycles. The van der Waals surface area contributed by atoms with Crippen LogP contribution in [0.25, 0.3) is 131 Å². The molecule has 5 heteroatoms. The summed E-state index contributed by atoms with van der Waals surface area (Å²) in [5, 5.41) is 15.5. The van der Waals surface area contributed by atoms with Gasteiger partial charge in [-0.25, -0.2) is 0 Å². The second-order valence-corrected chi connectivity index (χ2v) is 21.1. The first-order chi connectivity index (χ1) is 40.1. The number of rotatable bonds is 8. The summed E-state index contributed by atoms with van der Waals surface area (Å²) in [6.45, 7) is 0. The lowest BCUT2D eigenvalue weighted by Crippen LogP contribution is -2.12. The van der Waals surface area contributed by atoms with Gasteiger partial charge in [0.15, 0.2) is 11.2 Å². The normalized spacial score (nSPS) is 12.0. The molecule has 3 heterocycles. The summed E-state index contributed by atoms with van der Waals surface area (Å²) in [6.07, 6.45) is 0. The molecular formula is C76H46N2O3. The Hall–Kier alpha value is -10.9. The van der Waals surface area contributed by atoms with E-state index in [2.05, 4.69) is 277 Å². The fraction of sp³-hybridized carbons (Fsp3) is 0. The molecule has 0 amide bonds. The molecule has 5 nitrogen and oxygen atoms in total. The first kappa shape index (κ1) is 45.2. The van der Waals surface area contributed by atoms with Crippen LogP contribution in [0.5, 0.6) is 0 Å². The van der Waals surface area contributed by atoms with E-state index in [0.29, 0.717) is 0 Å². The highest BCUT2D eigenvalue weighted by Crippen LogP contribution is 2.51. The number of benzene rings is 14. The summed E-state index contributed by atoms with van der Waals surface area (Å²) >= 11 is 0. The van der Waals surface area contributed by atoms with E-state index in [1.807, 2.05) is 12.1 Å². The van der Waals surface area contributed by atoms with Crippen molar-refractivity contribution in [3.63, 3.8) is 0 Å². The minimum atomic E-state index is 0.827. The van der Waals surface area contributed by atoms with E-state index >= 15 is 0 Å². The molecule has 378 valence electrons. The predicted octanol–water partition coefficient (Wildman–Crippen LogP) is 22.3. The number of para-hydroxylation sites is 4. The van der Waals surface area contributed by atoms with Gasteiger partial charge in [-0.2, -0.15) is 0 Å². The first-order valence-corrected chi connectivity index (χ1v) is 27.5. The number of fused-ring (bicyclic) bond motifs is 13. The third-order valence-electron chi connectivity index (χ3n) is 16.5. The van der Waals surface area contributed by atoms with Crippen LogP contribution < -0.4 is 9.80 Å². The lowest BCUT2D eigenvalue weighted by atomic mass is 9.94. The van der Waals surface area contributed by atoms with Crippen molar-refractivity contribution in [2.45, 2.75) is 0 Å². The van der Waals surface area contributed by atoms with Gasteiger partial charge >= 0.3 is 0 Å². The Morgan fingerprint density at radius 3 is 1.07 bits per heavy atom. The number of anilines is 6. The van der Waals surface area contributed by atoms with Crippen LogP contribution in [0.15, 0.2) is 292 Å². The Bertz CT molecular complexity index is 5050. The lowest BCUT2D eigenvalue weighted by molar-refractivity contribution is 0.668. The van der Waals surface area contributed by atoms with Crippen LogP contribution in [0.2, 0.25) is 0 Å². The van der Waals surface area contributed by atoms with Gasteiger partial charge < -0.3 is 23.1 Å². The molecule has 0 saturated heterocycles. The molecule has 0 bridgehead atoms. The maximum atomic E-state index is 6.98. The van der Waals surface area contributed by atoms with Gasteiger partial charge in [-0.3, -0.25) is 0 Å². The molecule has 3 aromatic heterocycles. The van der Waals surface area contributed by atoms with Crippen LogP contribution in [-0.4, -0.2) is 0 Å². The number of furan rings is 3. The summed E-state index contributed by atoms with van der Waals surface area (Å²) in [4.78, 5) is 4.76. The predicted molar refractivity (Wildman–Crippen MR) is 339 cm³/mol. The van der Waals surface area contributed by atoms with Crippen LogP contribution in [0.4, 0.5) is 34.1 Å². The summed E-state index contributed by atoms with van der Waals surface area (Å²) in [6, 6.07) is 100.0. The van der Waals surface area contributed by atoms with Crippen molar-refractivity contribution in [3.05, 3.63) is 279 Å². The fourth-order valence-corrected chi connectivity index (χ4v) is 12.9. The van der Waals surface area contributed by atoms with Crippen molar-refractivity contribution in [1.82, 2.24) is 0 Å². The molecule has 0 aliphatic heterocycles. The highest BCUT2D eigenvalue weighted by atomic mass is 16.3. The average molecular weight is 1040 g/mol. The van der Waals surface area contributed by atoms with Crippen molar-refractivity contribution in [1.29, 1.82) is 0 Å². The van der Waals surface area contributed by atoms with Gasteiger partial charge in [0.05, 0.1) is 22.7 Å². The van der Waals surface area contributed by atoms with Gasteiger partial charge in [-0.1, -0.05) is 194 Å². The highest BCUT2D eigenvalue weighted by Gasteiger charge is 2.26. The number of hydrogen-bond donors (Lipinski definition) is 0. The summed E-state index contributed by atoms with van der Waals surface area (Å²) in [5.74, 6) is 0. The maximum Gasteiger partial charge on any atom is 0.159 e. The average Bonchev–Trinajstić information content (AvgIpc) is 4.45. The topological polar surface area (TPSA) is 45.9 Å². The molecule has 0 aliphatic rings. The Morgan fingerprint density at radius 1 is 0.210 bits per heavy atom. The van der Waals surface area contributed by atoms with Gasteiger partial charge in [0.1, 0.15) is 22.3 Å². The Morgan fingerprint density at radius 2 is 0.605 bits per heavy atom. The lowest BCUT2D eigenvalue weighted by Gasteiger charge is -2.29. The van der Waals surface area contributed by atoms with Gasteiger partial charge in [-0.15, -0.1) is 0 Å². The van der Waals surface area contributed by atoms with E-state index < -0.39 is 0 Å². The molecule has 17 aromatic rings. The maximum absolute atomic E-state index is 6.98.